The van der Waals surface area contributed by atoms with Gasteiger partial charge in [-0.25, -0.2) is 0 Å². The number of hydrogen-bond acceptors (Lipinski definition) is 3. The second-order valence-electron chi connectivity index (χ2n) is 5.37. The van der Waals surface area contributed by atoms with Crippen molar-refractivity contribution in [3.63, 3.8) is 0 Å². The van der Waals surface area contributed by atoms with E-state index in [0.717, 1.165) is 17.7 Å². The Kier molecular flexibility index (Phi) is 5.53. The normalized spacial score (nSPS) is 13.6. The Hall–Kier alpha value is -1.65. The highest BCUT2D eigenvalue weighted by Crippen LogP contribution is 2.24. The van der Waals surface area contributed by atoms with Gasteiger partial charge in [-0.2, -0.15) is 0 Å². The highest BCUT2D eigenvalue weighted by atomic mass is 32.1. The van der Waals surface area contributed by atoms with Crippen molar-refractivity contribution >= 4 is 17.2 Å². The molecule has 0 aliphatic rings. The van der Waals surface area contributed by atoms with Crippen LogP contribution in [0, 0.1) is 0 Å². The standard InChI is InChI=1S/C17H21NO2S/c1-17(20,15-10-6-12-21-15)13-18-16(19)11-5-9-14-7-3-2-4-8-14/h2-4,6-8,10,12,20H,5,9,11,13H2,1H3,(H,18,19). The number of benzene rings is 1. The van der Waals surface area contributed by atoms with E-state index in [9.17, 15) is 9.90 Å². The third kappa shape index (κ3) is 4.99. The van der Waals surface area contributed by atoms with Crippen LogP contribution in [0.2, 0.25) is 0 Å². The van der Waals surface area contributed by atoms with Gasteiger partial charge in [0.15, 0.2) is 0 Å². The van der Waals surface area contributed by atoms with E-state index in [2.05, 4.69) is 17.4 Å². The molecular formula is C17H21NO2S. The summed E-state index contributed by atoms with van der Waals surface area (Å²) in [6.07, 6.45) is 2.20. The highest BCUT2D eigenvalue weighted by molar-refractivity contribution is 7.10. The maximum atomic E-state index is 11.8. The number of nitrogens with one attached hydrogen (secondary N) is 1. The molecule has 1 heterocycles. The molecule has 0 saturated carbocycles. The molecule has 0 aliphatic heterocycles. The molecule has 2 rings (SSSR count). The van der Waals surface area contributed by atoms with Crippen molar-refractivity contribution in [3.8, 4) is 0 Å². The number of rotatable bonds is 7. The maximum Gasteiger partial charge on any atom is 0.220 e. The third-order valence-corrected chi connectivity index (χ3v) is 4.52. The summed E-state index contributed by atoms with van der Waals surface area (Å²) in [6.45, 7) is 1.97. The number of aryl methyl sites for hydroxylation is 1. The van der Waals surface area contributed by atoms with Crippen molar-refractivity contribution in [2.75, 3.05) is 6.54 Å². The summed E-state index contributed by atoms with van der Waals surface area (Å²) in [6, 6.07) is 13.9. The molecule has 3 nitrogen and oxygen atoms in total. The summed E-state index contributed by atoms with van der Waals surface area (Å²) in [5.41, 5.74) is 0.249. The number of carbonyl (C=O) groups is 1. The minimum Gasteiger partial charge on any atom is -0.383 e. The van der Waals surface area contributed by atoms with Gasteiger partial charge in [0.2, 0.25) is 5.91 Å². The zero-order valence-corrected chi connectivity index (χ0v) is 13.0. The third-order valence-electron chi connectivity index (χ3n) is 3.39. The van der Waals surface area contributed by atoms with E-state index < -0.39 is 5.60 Å². The van der Waals surface area contributed by atoms with Gasteiger partial charge in [0.05, 0.1) is 6.54 Å². The van der Waals surface area contributed by atoms with Gasteiger partial charge in [0.1, 0.15) is 5.60 Å². The summed E-state index contributed by atoms with van der Waals surface area (Å²) in [7, 11) is 0. The molecule has 0 fully saturated rings. The lowest BCUT2D eigenvalue weighted by Crippen LogP contribution is -2.38. The molecule has 0 aliphatic carbocycles. The van der Waals surface area contributed by atoms with Crippen molar-refractivity contribution in [1.82, 2.24) is 5.32 Å². The molecule has 21 heavy (non-hydrogen) atoms. The van der Waals surface area contributed by atoms with Crippen molar-refractivity contribution in [2.24, 2.45) is 0 Å². The molecule has 0 spiro atoms. The van der Waals surface area contributed by atoms with E-state index in [1.165, 1.54) is 16.9 Å². The molecule has 1 aromatic heterocycles. The van der Waals surface area contributed by atoms with Crippen molar-refractivity contribution in [1.29, 1.82) is 0 Å². The first kappa shape index (κ1) is 15.7. The number of thiophene rings is 1. The van der Waals surface area contributed by atoms with E-state index >= 15 is 0 Å². The fraction of sp³-hybridized carbons (Fsp3) is 0.353. The van der Waals surface area contributed by atoms with Crippen LogP contribution in [0.25, 0.3) is 0 Å². The Morgan fingerprint density at radius 1 is 1.24 bits per heavy atom. The maximum absolute atomic E-state index is 11.8. The number of carbonyl (C=O) groups excluding carboxylic acids is 1. The zero-order valence-electron chi connectivity index (χ0n) is 12.2. The molecule has 1 amide bonds. The van der Waals surface area contributed by atoms with Crippen LogP contribution in [0.5, 0.6) is 0 Å². The largest absolute Gasteiger partial charge is 0.383 e. The number of aliphatic hydroxyl groups is 1. The zero-order chi connectivity index (χ0) is 15.1. The van der Waals surface area contributed by atoms with Crippen molar-refractivity contribution in [2.45, 2.75) is 31.8 Å². The molecule has 1 unspecified atom stereocenters. The summed E-state index contributed by atoms with van der Waals surface area (Å²) in [4.78, 5) is 12.7. The first-order chi connectivity index (χ1) is 10.1. The van der Waals surface area contributed by atoms with Crippen LogP contribution in [0.15, 0.2) is 47.8 Å². The molecule has 0 bridgehead atoms. The van der Waals surface area contributed by atoms with Gasteiger partial charge >= 0.3 is 0 Å². The predicted molar refractivity (Wildman–Crippen MR) is 86.3 cm³/mol. The van der Waals surface area contributed by atoms with Gasteiger partial charge in [-0.15, -0.1) is 11.3 Å². The molecular weight excluding hydrogens is 282 g/mol. The van der Waals surface area contributed by atoms with Gasteiger partial charge in [-0.05, 0) is 36.8 Å². The van der Waals surface area contributed by atoms with Gasteiger partial charge in [0, 0.05) is 11.3 Å². The van der Waals surface area contributed by atoms with E-state index in [1.54, 1.807) is 6.92 Å². The van der Waals surface area contributed by atoms with Crippen molar-refractivity contribution < 1.29 is 9.90 Å². The lowest BCUT2D eigenvalue weighted by atomic mass is 10.0. The van der Waals surface area contributed by atoms with Crippen LogP contribution in [-0.2, 0) is 16.8 Å². The van der Waals surface area contributed by atoms with Crippen LogP contribution in [0.1, 0.15) is 30.2 Å². The predicted octanol–water partition coefficient (Wildman–Crippen LogP) is 3.09. The van der Waals surface area contributed by atoms with E-state index in [-0.39, 0.29) is 12.5 Å². The van der Waals surface area contributed by atoms with Crippen LogP contribution >= 0.6 is 11.3 Å². The SMILES string of the molecule is CC(O)(CNC(=O)CCCc1ccccc1)c1cccs1. The monoisotopic (exact) mass is 303 g/mol. The summed E-state index contributed by atoms with van der Waals surface area (Å²) >= 11 is 1.50. The molecule has 1 aromatic carbocycles. The Morgan fingerprint density at radius 3 is 2.67 bits per heavy atom. The molecule has 0 saturated heterocycles. The van der Waals surface area contributed by atoms with Gasteiger partial charge < -0.3 is 10.4 Å². The van der Waals surface area contributed by atoms with Crippen molar-refractivity contribution in [3.05, 3.63) is 58.3 Å². The summed E-state index contributed by atoms with van der Waals surface area (Å²) in [5.74, 6) is -0.0113. The first-order valence-corrected chi connectivity index (χ1v) is 8.03. The van der Waals surface area contributed by atoms with Crippen LogP contribution < -0.4 is 5.32 Å². The minimum atomic E-state index is -0.997. The van der Waals surface area contributed by atoms with Gasteiger partial charge in [0.25, 0.3) is 0 Å². The lowest BCUT2D eigenvalue weighted by Gasteiger charge is -2.22. The second-order valence-corrected chi connectivity index (χ2v) is 6.31. The number of amides is 1. The second kappa shape index (κ2) is 7.38. The Morgan fingerprint density at radius 2 is 2.00 bits per heavy atom. The molecule has 112 valence electrons. The molecule has 1 atom stereocenters. The topological polar surface area (TPSA) is 49.3 Å². The summed E-state index contributed by atoms with van der Waals surface area (Å²) in [5, 5.41) is 15.1. The molecule has 0 radical (unpaired) electrons. The van der Waals surface area contributed by atoms with Gasteiger partial charge in [-0.1, -0.05) is 36.4 Å². The quantitative estimate of drug-likeness (QED) is 0.826. The smallest absolute Gasteiger partial charge is 0.220 e. The van der Waals surface area contributed by atoms with E-state index in [0.29, 0.717) is 6.42 Å². The Balaban J connectivity index is 1.70. The Labute approximate surface area is 129 Å². The fourth-order valence-electron chi connectivity index (χ4n) is 2.13. The van der Waals surface area contributed by atoms with Crippen LogP contribution in [0.3, 0.4) is 0 Å². The first-order valence-electron chi connectivity index (χ1n) is 7.15. The Bertz CT molecular complexity index is 549. The lowest BCUT2D eigenvalue weighted by molar-refractivity contribution is -0.122. The van der Waals surface area contributed by atoms with Gasteiger partial charge in [-0.3, -0.25) is 4.79 Å². The molecule has 4 heteroatoms. The van der Waals surface area contributed by atoms with E-state index in [4.69, 9.17) is 0 Å². The average Bonchev–Trinajstić information content (AvgIpc) is 3.01. The van der Waals surface area contributed by atoms with Crippen LogP contribution in [0.4, 0.5) is 0 Å². The average molecular weight is 303 g/mol. The van der Waals surface area contributed by atoms with Crippen LogP contribution in [-0.4, -0.2) is 17.6 Å². The molecule has 2 aromatic rings. The minimum absolute atomic E-state index is 0.0113. The summed E-state index contributed by atoms with van der Waals surface area (Å²) < 4.78 is 0. The number of hydrogen-bond donors (Lipinski definition) is 2. The van der Waals surface area contributed by atoms with E-state index in [1.807, 2.05) is 35.7 Å². The fourth-order valence-corrected chi connectivity index (χ4v) is 2.92. The highest BCUT2D eigenvalue weighted by Gasteiger charge is 2.24. The molecule has 2 N–H and O–H groups in total.